The van der Waals surface area contributed by atoms with Crippen molar-refractivity contribution in [2.45, 2.75) is 19.9 Å². The van der Waals surface area contributed by atoms with E-state index in [0.29, 0.717) is 5.92 Å². The van der Waals surface area contributed by atoms with Crippen LogP contribution in [-0.2, 0) is 0 Å². The summed E-state index contributed by atoms with van der Waals surface area (Å²) in [6.45, 7) is 4.06. The van der Waals surface area contributed by atoms with Gasteiger partial charge in [0.05, 0.1) is 7.11 Å². The molecule has 1 aromatic carbocycles. The fraction of sp³-hybridized carbons (Fsp3) is 0.455. The topological polar surface area (TPSA) is 35.2 Å². The van der Waals surface area contributed by atoms with Gasteiger partial charge in [-0.2, -0.15) is 0 Å². The second-order valence-electron chi connectivity index (χ2n) is 3.66. The van der Waals surface area contributed by atoms with Gasteiger partial charge in [0.15, 0.2) is 11.6 Å². The lowest BCUT2D eigenvalue weighted by molar-refractivity contribution is 0.384. The van der Waals surface area contributed by atoms with Gasteiger partial charge in [0.2, 0.25) is 0 Å². The summed E-state index contributed by atoms with van der Waals surface area (Å²) < 4.78 is 18.0. The van der Waals surface area contributed by atoms with Crippen LogP contribution < -0.4 is 10.5 Å². The number of halogens is 1. The van der Waals surface area contributed by atoms with E-state index in [1.54, 1.807) is 12.1 Å². The first-order chi connectivity index (χ1) is 6.56. The molecule has 0 aliphatic rings. The van der Waals surface area contributed by atoms with Crippen LogP contribution in [0, 0.1) is 11.7 Å². The van der Waals surface area contributed by atoms with E-state index in [-0.39, 0.29) is 17.6 Å². The SMILES string of the molecule is COc1cc([C@H](N)C(C)C)ccc1F. The van der Waals surface area contributed by atoms with E-state index >= 15 is 0 Å². The Kier molecular flexibility index (Phi) is 3.47. The third-order valence-electron chi connectivity index (χ3n) is 2.28. The summed E-state index contributed by atoms with van der Waals surface area (Å²) in [6.07, 6.45) is 0. The number of hydrogen-bond donors (Lipinski definition) is 1. The molecule has 78 valence electrons. The number of nitrogens with two attached hydrogens (primary N) is 1. The number of rotatable bonds is 3. The highest BCUT2D eigenvalue weighted by molar-refractivity contribution is 5.32. The van der Waals surface area contributed by atoms with Crippen molar-refractivity contribution < 1.29 is 9.13 Å². The van der Waals surface area contributed by atoms with E-state index in [2.05, 4.69) is 0 Å². The largest absolute Gasteiger partial charge is 0.494 e. The van der Waals surface area contributed by atoms with Gasteiger partial charge in [0, 0.05) is 6.04 Å². The van der Waals surface area contributed by atoms with Crippen molar-refractivity contribution in [2.24, 2.45) is 11.7 Å². The molecule has 0 heterocycles. The van der Waals surface area contributed by atoms with Crippen molar-refractivity contribution in [1.29, 1.82) is 0 Å². The monoisotopic (exact) mass is 197 g/mol. The zero-order valence-electron chi connectivity index (χ0n) is 8.75. The molecule has 2 nitrogen and oxygen atoms in total. The highest BCUT2D eigenvalue weighted by Crippen LogP contribution is 2.24. The van der Waals surface area contributed by atoms with Crippen LogP contribution in [0.5, 0.6) is 5.75 Å². The first-order valence-electron chi connectivity index (χ1n) is 4.65. The fourth-order valence-electron chi connectivity index (χ4n) is 1.27. The van der Waals surface area contributed by atoms with Crippen molar-refractivity contribution >= 4 is 0 Å². The molecule has 0 amide bonds. The zero-order valence-corrected chi connectivity index (χ0v) is 8.75. The Hall–Kier alpha value is -1.09. The van der Waals surface area contributed by atoms with E-state index in [1.165, 1.54) is 13.2 Å². The molecule has 1 atom stereocenters. The van der Waals surface area contributed by atoms with Crippen LogP contribution in [0.25, 0.3) is 0 Å². The Morgan fingerprint density at radius 3 is 2.50 bits per heavy atom. The lowest BCUT2D eigenvalue weighted by atomic mass is 9.97. The summed E-state index contributed by atoms with van der Waals surface area (Å²) in [5, 5.41) is 0. The van der Waals surface area contributed by atoms with Gasteiger partial charge in [-0.15, -0.1) is 0 Å². The summed E-state index contributed by atoms with van der Waals surface area (Å²) in [5.74, 6) is 0.218. The molecule has 2 N–H and O–H groups in total. The van der Waals surface area contributed by atoms with Gasteiger partial charge in [0.25, 0.3) is 0 Å². The lowest BCUT2D eigenvalue weighted by Gasteiger charge is -2.16. The average Bonchev–Trinajstić information content (AvgIpc) is 2.17. The van der Waals surface area contributed by atoms with Gasteiger partial charge >= 0.3 is 0 Å². The summed E-state index contributed by atoms with van der Waals surface area (Å²) in [4.78, 5) is 0. The molecular formula is C11H16FNO. The molecule has 14 heavy (non-hydrogen) atoms. The first-order valence-corrected chi connectivity index (χ1v) is 4.65. The van der Waals surface area contributed by atoms with Crippen molar-refractivity contribution in [3.8, 4) is 5.75 Å². The molecule has 0 aromatic heterocycles. The second-order valence-corrected chi connectivity index (χ2v) is 3.66. The van der Waals surface area contributed by atoms with Crippen LogP contribution >= 0.6 is 0 Å². The van der Waals surface area contributed by atoms with Gasteiger partial charge < -0.3 is 10.5 Å². The van der Waals surface area contributed by atoms with Gasteiger partial charge in [-0.3, -0.25) is 0 Å². The smallest absolute Gasteiger partial charge is 0.165 e. The third-order valence-corrected chi connectivity index (χ3v) is 2.28. The minimum absolute atomic E-state index is 0.0792. The minimum Gasteiger partial charge on any atom is -0.494 e. The van der Waals surface area contributed by atoms with E-state index in [1.807, 2.05) is 13.8 Å². The Morgan fingerprint density at radius 2 is 2.00 bits per heavy atom. The molecule has 3 heteroatoms. The molecule has 0 radical (unpaired) electrons. The minimum atomic E-state index is -0.354. The van der Waals surface area contributed by atoms with Crippen LogP contribution in [0.3, 0.4) is 0 Å². The first kappa shape index (κ1) is 11.0. The molecule has 0 unspecified atom stereocenters. The molecule has 0 spiro atoms. The summed E-state index contributed by atoms with van der Waals surface area (Å²) in [7, 11) is 1.45. The zero-order chi connectivity index (χ0) is 10.7. The summed E-state index contributed by atoms with van der Waals surface area (Å²) in [6, 6.07) is 4.66. The Labute approximate surface area is 83.9 Å². The van der Waals surface area contributed by atoms with Crippen LogP contribution in [0.4, 0.5) is 4.39 Å². The standard InChI is InChI=1S/C11H16FNO/c1-7(2)11(13)8-4-5-9(12)10(6-8)14-3/h4-7,11H,13H2,1-3H3/t11-/m1/s1. The Balaban J connectivity index is 3.00. The molecule has 0 bridgehead atoms. The third kappa shape index (κ3) is 2.23. The maximum atomic E-state index is 13.1. The summed E-state index contributed by atoms with van der Waals surface area (Å²) in [5.41, 5.74) is 6.83. The fourth-order valence-corrected chi connectivity index (χ4v) is 1.27. The maximum Gasteiger partial charge on any atom is 0.165 e. The number of methoxy groups -OCH3 is 1. The molecule has 0 aliphatic carbocycles. The number of benzene rings is 1. The highest BCUT2D eigenvalue weighted by Gasteiger charge is 2.12. The molecular weight excluding hydrogens is 181 g/mol. The van der Waals surface area contributed by atoms with Crippen LogP contribution in [0.1, 0.15) is 25.5 Å². The lowest BCUT2D eigenvalue weighted by Crippen LogP contribution is -2.16. The second kappa shape index (κ2) is 4.42. The maximum absolute atomic E-state index is 13.1. The van der Waals surface area contributed by atoms with Crippen molar-refractivity contribution in [3.05, 3.63) is 29.6 Å². The van der Waals surface area contributed by atoms with Crippen molar-refractivity contribution in [1.82, 2.24) is 0 Å². The van der Waals surface area contributed by atoms with Crippen LogP contribution in [0.15, 0.2) is 18.2 Å². The highest BCUT2D eigenvalue weighted by atomic mass is 19.1. The predicted octanol–water partition coefficient (Wildman–Crippen LogP) is 2.49. The Morgan fingerprint density at radius 1 is 1.36 bits per heavy atom. The average molecular weight is 197 g/mol. The molecule has 0 saturated carbocycles. The van der Waals surface area contributed by atoms with Crippen molar-refractivity contribution in [3.63, 3.8) is 0 Å². The molecule has 0 aliphatic heterocycles. The van der Waals surface area contributed by atoms with E-state index in [0.717, 1.165) is 5.56 Å². The Bertz CT molecular complexity index is 312. The van der Waals surface area contributed by atoms with Crippen LogP contribution in [0.2, 0.25) is 0 Å². The van der Waals surface area contributed by atoms with Gasteiger partial charge in [0.1, 0.15) is 0 Å². The molecule has 0 fully saturated rings. The predicted molar refractivity (Wildman–Crippen MR) is 54.7 cm³/mol. The van der Waals surface area contributed by atoms with E-state index < -0.39 is 0 Å². The van der Waals surface area contributed by atoms with Crippen LogP contribution in [-0.4, -0.2) is 7.11 Å². The quantitative estimate of drug-likeness (QED) is 0.808. The molecule has 1 rings (SSSR count). The molecule has 0 saturated heterocycles. The summed E-state index contributed by atoms with van der Waals surface area (Å²) >= 11 is 0. The van der Waals surface area contributed by atoms with Gasteiger partial charge in [-0.1, -0.05) is 19.9 Å². The number of ether oxygens (including phenoxy) is 1. The van der Waals surface area contributed by atoms with E-state index in [9.17, 15) is 4.39 Å². The normalized spacial score (nSPS) is 13.0. The van der Waals surface area contributed by atoms with Crippen molar-refractivity contribution in [2.75, 3.05) is 7.11 Å². The molecule has 1 aromatic rings. The number of hydrogen-bond acceptors (Lipinski definition) is 2. The van der Waals surface area contributed by atoms with Gasteiger partial charge in [-0.05, 0) is 23.6 Å². The van der Waals surface area contributed by atoms with Gasteiger partial charge in [-0.25, -0.2) is 4.39 Å². The van der Waals surface area contributed by atoms with E-state index in [4.69, 9.17) is 10.5 Å².